The number of fused-ring (bicyclic) bond motifs is 4. The minimum Gasteiger partial charge on any atom is -0.358 e. The highest BCUT2D eigenvalue weighted by Crippen LogP contribution is 2.57. The highest BCUT2D eigenvalue weighted by molar-refractivity contribution is 6.01. The van der Waals surface area contributed by atoms with Gasteiger partial charge >= 0.3 is 0 Å². The fourth-order valence-electron chi connectivity index (χ4n) is 4.40. The van der Waals surface area contributed by atoms with E-state index in [1.54, 1.807) is 0 Å². The molecule has 3 heterocycles. The third-order valence-electron chi connectivity index (χ3n) is 5.73. The summed E-state index contributed by atoms with van der Waals surface area (Å²) in [5.41, 5.74) is 3.08. The summed E-state index contributed by atoms with van der Waals surface area (Å²) < 4.78 is 2.44. The van der Waals surface area contributed by atoms with Gasteiger partial charge in [-0.1, -0.05) is 0 Å². The zero-order valence-electron chi connectivity index (χ0n) is 12.8. The van der Waals surface area contributed by atoms with Crippen molar-refractivity contribution in [2.75, 3.05) is 6.54 Å². The lowest BCUT2D eigenvalue weighted by Crippen LogP contribution is -2.46. The van der Waals surface area contributed by atoms with E-state index in [1.807, 2.05) is 12.4 Å². The number of pyridine rings is 1. The second kappa shape index (κ2) is 4.81. The Bertz CT molecular complexity index is 895. The highest BCUT2D eigenvalue weighted by Gasteiger charge is 2.48. The molecule has 0 bridgehead atoms. The SMILES string of the molecule is O=CNCCc1nc2cnc3[nH]ccc3c2n1C1CC2CCC21. The first-order chi connectivity index (χ1) is 11.4. The highest BCUT2D eigenvalue weighted by atomic mass is 16.1. The minimum atomic E-state index is 0.561. The van der Waals surface area contributed by atoms with Crippen molar-refractivity contribution in [1.82, 2.24) is 24.8 Å². The third-order valence-corrected chi connectivity index (χ3v) is 5.73. The normalized spacial score (nSPS) is 25.8. The first-order valence-electron chi connectivity index (χ1n) is 8.36. The molecule has 2 aliphatic carbocycles. The molecule has 2 N–H and O–H groups in total. The number of imidazole rings is 1. The van der Waals surface area contributed by atoms with Crippen LogP contribution in [0.2, 0.25) is 0 Å². The number of aromatic nitrogens is 4. The van der Waals surface area contributed by atoms with Crippen molar-refractivity contribution in [1.29, 1.82) is 0 Å². The lowest BCUT2D eigenvalue weighted by molar-refractivity contribution is -0.109. The molecule has 0 saturated heterocycles. The van der Waals surface area contributed by atoms with Crippen molar-refractivity contribution in [3.63, 3.8) is 0 Å². The predicted molar refractivity (Wildman–Crippen MR) is 87.0 cm³/mol. The van der Waals surface area contributed by atoms with Crippen molar-refractivity contribution in [2.24, 2.45) is 11.8 Å². The van der Waals surface area contributed by atoms with Crippen LogP contribution in [0.25, 0.3) is 22.1 Å². The summed E-state index contributed by atoms with van der Waals surface area (Å²) in [5, 5.41) is 3.90. The average Bonchev–Trinajstić information content (AvgIpc) is 3.13. The Kier molecular flexibility index (Phi) is 2.74. The molecule has 6 heteroatoms. The van der Waals surface area contributed by atoms with Crippen LogP contribution in [0.15, 0.2) is 18.5 Å². The molecule has 0 aliphatic heterocycles. The minimum absolute atomic E-state index is 0.561. The summed E-state index contributed by atoms with van der Waals surface area (Å²) in [4.78, 5) is 23.0. The Morgan fingerprint density at radius 1 is 1.43 bits per heavy atom. The molecular weight excluding hydrogens is 290 g/mol. The number of hydrogen-bond acceptors (Lipinski definition) is 3. The molecule has 2 saturated carbocycles. The van der Waals surface area contributed by atoms with Gasteiger partial charge in [0.05, 0.1) is 11.7 Å². The third kappa shape index (κ3) is 1.77. The van der Waals surface area contributed by atoms with Crippen LogP contribution in [0.4, 0.5) is 0 Å². The molecule has 1 amide bonds. The molecule has 5 rings (SSSR count). The number of nitrogens with one attached hydrogen (secondary N) is 2. The Morgan fingerprint density at radius 3 is 3.13 bits per heavy atom. The number of carbonyl (C=O) groups is 1. The van der Waals surface area contributed by atoms with E-state index in [9.17, 15) is 4.79 Å². The van der Waals surface area contributed by atoms with Crippen LogP contribution in [0, 0.1) is 11.8 Å². The summed E-state index contributed by atoms with van der Waals surface area (Å²) in [5.74, 6) is 2.80. The smallest absolute Gasteiger partial charge is 0.207 e. The van der Waals surface area contributed by atoms with Crippen molar-refractivity contribution in [3.8, 4) is 0 Å². The average molecular weight is 309 g/mol. The van der Waals surface area contributed by atoms with Crippen LogP contribution in [0.3, 0.4) is 0 Å². The molecule has 0 radical (unpaired) electrons. The van der Waals surface area contributed by atoms with E-state index in [-0.39, 0.29) is 0 Å². The maximum absolute atomic E-state index is 10.5. The Balaban J connectivity index is 1.67. The van der Waals surface area contributed by atoms with Gasteiger partial charge in [-0.15, -0.1) is 0 Å². The molecule has 2 fully saturated rings. The van der Waals surface area contributed by atoms with E-state index >= 15 is 0 Å². The summed E-state index contributed by atoms with van der Waals surface area (Å²) in [7, 11) is 0. The van der Waals surface area contributed by atoms with Gasteiger partial charge in [0, 0.05) is 30.6 Å². The van der Waals surface area contributed by atoms with Gasteiger partial charge in [0.1, 0.15) is 17.0 Å². The van der Waals surface area contributed by atoms with Crippen LogP contribution in [0.5, 0.6) is 0 Å². The van der Waals surface area contributed by atoms with Gasteiger partial charge in [0.15, 0.2) is 0 Å². The summed E-state index contributed by atoms with van der Waals surface area (Å²) >= 11 is 0. The van der Waals surface area contributed by atoms with Gasteiger partial charge < -0.3 is 14.9 Å². The molecule has 23 heavy (non-hydrogen) atoms. The summed E-state index contributed by atoms with van der Waals surface area (Å²) in [6.07, 6.45) is 9.29. The Hall–Kier alpha value is -2.37. The number of hydrogen-bond donors (Lipinski definition) is 2. The molecule has 6 nitrogen and oxygen atoms in total. The lowest BCUT2D eigenvalue weighted by atomic mass is 9.56. The molecular formula is C17H19N5O. The molecule has 0 aromatic carbocycles. The van der Waals surface area contributed by atoms with Gasteiger partial charge in [-0.25, -0.2) is 9.97 Å². The largest absolute Gasteiger partial charge is 0.358 e. The van der Waals surface area contributed by atoms with Crippen LogP contribution in [0.1, 0.15) is 31.1 Å². The van der Waals surface area contributed by atoms with E-state index < -0.39 is 0 Å². The van der Waals surface area contributed by atoms with Gasteiger partial charge in [-0.2, -0.15) is 0 Å². The number of aromatic amines is 1. The van der Waals surface area contributed by atoms with Crippen molar-refractivity contribution in [2.45, 2.75) is 31.7 Å². The Labute approximate surface area is 133 Å². The summed E-state index contributed by atoms with van der Waals surface area (Å²) in [6.45, 7) is 0.622. The fraction of sp³-hybridized carbons (Fsp3) is 0.471. The van der Waals surface area contributed by atoms with E-state index in [2.05, 4.69) is 25.9 Å². The van der Waals surface area contributed by atoms with Crippen molar-refractivity contribution >= 4 is 28.5 Å². The second-order valence-electron chi connectivity index (χ2n) is 6.76. The fourth-order valence-corrected chi connectivity index (χ4v) is 4.40. The number of H-pyrrole nitrogens is 1. The zero-order chi connectivity index (χ0) is 15.4. The molecule has 118 valence electrons. The van der Waals surface area contributed by atoms with Crippen LogP contribution in [-0.4, -0.2) is 32.5 Å². The molecule has 3 aromatic heterocycles. The predicted octanol–water partition coefficient (Wildman–Crippen LogP) is 2.17. The maximum atomic E-state index is 10.5. The van der Waals surface area contributed by atoms with Gasteiger partial charge in [0.2, 0.25) is 6.41 Å². The molecule has 0 spiro atoms. The standard InChI is InChI=1S/C17H19N5O/c23-9-18-5-4-15-21-13-8-20-17-12(3-6-19-17)16(13)22(15)14-7-10-1-2-11(10)14/h3,6,8-11,14H,1-2,4-5,7H2,(H,18,23)(H,19,20). The van der Waals surface area contributed by atoms with Crippen molar-refractivity contribution < 1.29 is 4.79 Å². The Morgan fingerprint density at radius 2 is 2.39 bits per heavy atom. The first-order valence-corrected chi connectivity index (χ1v) is 8.36. The number of amides is 1. The lowest BCUT2D eigenvalue weighted by Gasteiger charge is -2.54. The van der Waals surface area contributed by atoms with Crippen molar-refractivity contribution in [3.05, 3.63) is 24.3 Å². The summed E-state index contributed by atoms with van der Waals surface area (Å²) in [6, 6.07) is 2.65. The number of carbonyl (C=O) groups excluding carboxylic acids is 1. The molecule has 3 unspecified atom stereocenters. The van der Waals surface area contributed by atoms with Gasteiger partial charge in [-0.3, -0.25) is 4.79 Å². The van der Waals surface area contributed by atoms with Crippen LogP contribution >= 0.6 is 0 Å². The number of rotatable bonds is 5. The maximum Gasteiger partial charge on any atom is 0.207 e. The monoisotopic (exact) mass is 309 g/mol. The van der Waals surface area contributed by atoms with E-state index in [1.165, 1.54) is 24.8 Å². The second-order valence-corrected chi connectivity index (χ2v) is 6.76. The molecule has 3 aromatic rings. The zero-order valence-corrected chi connectivity index (χ0v) is 12.8. The van der Waals surface area contributed by atoms with E-state index in [4.69, 9.17) is 4.98 Å². The topological polar surface area (TPSA) is 75.6 Å². The molecule has 3 atom stereocenters. The van der Waals surface area contributed by atoms with E-state index in [0.29, 0.717) is 12.6 Å². The number of nitrogens with zero attached hydrogens (tertiary/aromatic N) is 3. The van der Waals surface area contributed by atoms with Gasteiger partial charge in [-0.05, 0) is 37.2 Å². The van der Waals surface area contributed by atoms with E-state index in [0.717, 1.165) is 47.0 Å². The first kappa shape index (κ1) is 13.1. The van der Waals surface area contributed by atoms with Crippen LogP contribution in [-0.2, 0) is 11.2 Å². The van der Waals surface area contributed by atoms with Gasteiger partial charge in [0.25, 0.3) is 0 Å². The quantitative estimate of drug-likeness (QED) is 0.560. The van der Waals surface area contributed by atoms with Crippen LogP contribution < -0.4 is 5.32 Å². The molecule has 2 aliphatic rings.